The number of ether oxygens (including phenoxy) is 5. The summed E-state index contributed by atoms with van der Waals surface area (Å²) in [5.41, 5.74) is 0. The van der Waals surface area contributed by atoms with E-state index in [9.17, 15) is 81.1 Å². The highest BCUT2D eigenvalue weighted by molar-refractivity contribution is 5.80. The van der Waals surface area contributed by atoms with E-state index in [4.69, 9.17) is 23.7 Å². The number of carbonyl (C=O) groups excluding carboxylic acids is 2. The van der Waals surface area contributed by atoms with Gasteiger partial charge >= 0.3 is 5.97 Å². The third-order valence-corrected chi connectivity index (χ3v) is 16.4. The molecule has 0 saturated carbocycles. The van der Waals surface area contributed by atoms with Gasteiger partial charge in [0, 0.05) is 50.6 Å². The number of amides is 1. The monoisotopic (exact) mass is 1200 g/mol. The molecule has 0 spiro atoms. The quantitative estimate of drug-likeness (QED) is 0.119. The Bertz CT molecular complexity index is 2190. The van der Waals surface area contributed by atoms with Crippen molar-refractivity contribution in [3.05, 3.63) is 85.1 Å². The lowest BCUT2D eigenvalue weighted by Crippen LogP contribution is -2.69. The van der Waals surface area contributed by atoms with Crippen LogP contribution in [0.4, 0.5) is 0 Å². The fraction of sp³-hybridized carbons (Fsp3) is 0.733. The molecule has 5 heterocycles. The molecule has 5 rings (SSSR count). The molecule has 0 aliphatic carbocycles. The van der Waals surface area contributed by atoms with Gasteiger partial charge in [0.05, 0.1) is 98.7 Å². The van der Waals surface area contributed by atoms with Crippen molar-refractivity contribution in [3.63, 3.8) is 0 Å². The molecule has 478 valence electrons. The molecule has 3 unspecified atom stereocenters. The minimum absolute atomic E-state index is 0.126. The summed E-state index contributed by atoms with van der Waals surface area (Å²) in [6, 6.07) is -1.34. The normalized spacial score (nSPS) is 42.1. The first-order valence-electron chi connectivity index (χ1n) is 29.7. The summed E-state index contributed by atoms with van der Waals surface area (Å²) in [6.45, 7) is 7.98. The molecule has 4 fully saturated rings. The molecule has 84 heavy (non-hydrogen) atoms. The van der Waals surface area contributed by atoms with E-state index in [2.05, 4.69) is 15.5 Å². The Morgan fingerprint density at radius 3 is 1.92 bits per heavy atom. The van der Waals surface area contributed by atoms with Gasteiger partial charge in [0.2, 0.25) is 11.7 Å². The predicted octanol–water partition coefficient (Wildman–Crippen LogP) is -1.34. The number of piperidine rings is 1. The van der Waals surface area contributed by atoms with Crippen LogP contribution in [0.2, 0.25) is 0 Å². The number of hydrogen-bond acceptors (Lipinski definition) is 23. The second kappa shape index (κ2) is 34.8. The zero-order valence-corrected chi connectivity index (χ0v) is 48.8. The second-order valence-electron chi connectivity index (χ2n) is 23.4. The summed E-state index contributed by atoms with van der Waals surface area (Å²) >= 11 is 0. The molecule has 0 aromatic rings. The average Bonchev–Trinajstić information content (AvgIpc) is 3.51. The number of hydrogen-bond donors (Lipinski definition) is 16. The van der Waals surface area contributed by atoms with E-state index in [0.29, 0.717) is 6.54 Å². The number of aliphatic hydroxyl groups excluding tert-OH is 12. The van der Waals surface area contributed by atoms with Crippen molar-refractivity contribution in [3.8, 4) is 0 Å². The van der Waals surface area contributed by atoms with Crippen LogP contribution >= 0.6 is 0 Å². The van der Waals surface area contributed by atoms with Crippen LogP contribution in [0.5, 0.6) is 0 Å². The fourth-order valence-electron chi connectivity index (χ4n) is 11.1. The molecule has 23 atom stereocenters. The predicted molar refractivity (Wildman–Crippen MR) is 305 cm³/mol. The van der Waals surface area contributed by atoms with E-state index in [1.54, 1.807) is 92.8 Å². The van der Waals surface area contributed by atoms with Gasteiger partial charge < -0.3 is 111 Å². The SMILES string of the molecule is C[C@@H]1[C@H](O)[C@@H](C)C=CC=CC=CC=CC=CC=CC=C[C@H](OC2O[C@H](C)[C@@H](O)[C@H](NC[C@@]3(O)OC[C@@H](O)[C@H](O)[C@@H]3O)[C@@H]2O)CC2O[C@](O)(C[C@@H](O)C[C@@H](O)[C@H](O)CC[C@@H](O)C[C@@H](O)CC(=O)O[C@H]1C)C[C@H](O)C2C(=O)NCCN1CCCCC1. The third kappa shape index (κ3) is 22.2. The number of esters is 1. The van der Waals surface area contributed by atoms with Crippen LogP contribution in [-0.2, 0) is 33.3 Å². The van der Waals surface area contributed by atoms with Crippen LogP contribution in [0.1, 0.15) is 98.3 Å². The van der Waals surface area contributed by atoms with Crippen LogP contribution in [0.3, 0.4) is 0 Å². The van der Waals surface area contributed by atoms with Gasteiger partial charge in [0.25, 0.3) is 0 Å². The number of carbonyl (C=O) groups is 2. The second-order valence-corrected chi connectivity index (χ2v) is 23.4. The van der Waals surface area contributed by atoms with Crippen molar-refractivity contribution in [2.75, 3.05) is 39.3 Å². The lowest BCUT2D eigenvalue weighted by Gasteiger charge is -2.47. The molecule has 0 radical (unpaired) electrons. The van der Waals surface area contributed by atoms with Crippen molar-refractivity contribution >= 4 is 11.9 Å². The molecule has 0 aromatic heterocycles. The maximum absolute atomic E-state index is 14.2. The molecule has 24 heteroatoms. The smallest absolute Gasteiger partial charge is 0.308 e. The Morgan fingerprint density at radius 2 is 1.27 bits per heavy atom. The van der Waals surface area contributed by atoms with E-state index in [0.717, 1.165) is 32.4 Å². The summed E-state index contributed by atoms with van der Waals surface area (Å²) in [7, 11) is 0. The van der Waals surface area contributed by atoms with E-state index in [1.165, 1.54) is 6.92 Å². The minimum Gasteiger partial charge on any atom is -0.462 e. The van der Waals surface area contributed by atoms with Gasteiger partial charge in [0.1, 0.15) is 30.5 Å². The van der Waals surface area contributed by atoms with Gasteiger partial charge in [-0.05, 0) is 59.0 Å². The molecular weight excluding hydrogens is 1100 g/mol. The molecule has 0 aromatic carbocycles. The lowest BCUT2D eigenvalue weighted by molar-refractivity contribution is -0.323. The Labute approximate surface area is 492 Å². The number of rotatable bonds is 9. The standard InChI is InChI=1S/C60H97N3O21/c1-36-20-16-13-11-9-7-5-6-8-10-12-14-17-21-43(83-58-55(75)51(53(73)39(4)82-58)62-35-60(79)56(76)54(74)47(70)34-80-60)31-48-50(57(77)61-24-27-63-25-18-15-19-26-63)46(69)33-59(78,84-48)32-42(66)29-45(68)44(67)23-22-40(64)28-41(65)30-49(71)81-38(3)37(2)52(36)72/h5-14,16-17,20-21,36-48,50-56,58,62,64-70,72-76,78-79H,15,18-19,22-35H2,1-4H3,(H,61,77)/t36-,37-,38-,39+,40+,41+,42-,43-,44+,45+,46-,47+,48?,50?,51-,52+,53+,54-,55-,56-,58?,59+,60+/m0/s1. The number of allylic oxidation sites excluding steroid dienone is 12. The Morgan fingerprint density at radius 1 is 0.655 bits per heavy atom. The zero-order valence-electron chi connectivity index (χ0n) is 48.8. The average molecular weight is 1200 g/mol. The highest BCUT2D eigenvalue weighted by Crippen LogP contribution is 2.39. The van der Waals surface area contributed by atoms with Crippen LogP contribution in [-0.4, -0.2) is 249 Å². The molecule has 5 aliphatic rings. The van der Waals surface area contributed by atoms with Crippen molar-refractivity contribution < 1.29 is 105 Å². The van der Waals surface area contributed by atoms with Gasteiger partial charge in [-0.1, -0.05) is 105 Å². The number of nitrogens with one attached hydrogen (secondary N) is 2. The minimum atomic E-state index is -2.46. The number of nitrogens with zero attached hydrogens (tertiary/aromatic N) is 1. The molecule has 4 saturated heterocycles. The summed E-state index contributed by atoms with van der Waals surface area (Å²) in [5.74, 6) is -8.30. The first-order valence-corrected chi connectivity index (χ1v) is 29.7. The van der Waals surface area contributed by atoms with Crippen LogP contribution in [0.15, 0.2) is 85.1 Å². The van der Waals surface area contributed by atoms with Gasteiger partial charge in [-0.25, -0.2) is 0 Å². The van der Waals surface area contributed by atoms with Crippen LogP contribution in [0, 0.1) is 17.8 Å². The molecule has 5 aliphatic heterocycles. The lowest BCUT2D eigenvalue weighted by atomic mass is 9.82. The van der Waals surface area contributed by atoms with Gasteiger partial charge in [-0.15, -0.1) is 0 Å². The fourth-order valence-corrected chi connectivity index (χ4v) is 11.1. The molecule has 16 N–H and O–H groups in total. The molecule has 24 nitrogen and oxygen atoms in total. The highest BCUT2D eigenvalue weighted by atomic mass is 16.7. The Kier molecular flexibility index (Phi) is 29.4. The largest absolute Gasteiger partial charge is 0.462 e. The summed E-state index contributed by atoms with van der Waals surface area (Å²) in [5, 5.41) is 160. The summed E-state index contributed by atoms with van der Waals surface area (Å²) in [6.07, 6.45) is 0.371. The topological polar surface area (TPSA) is 391 Å². The Hall–Kier alpha value is -3.68. The highest BCUT2D eigenvalue weighted by Gasteiger charge is 2.53. The van der Waals surface area contributed by atoms with E-state index >= 15 is 0 Å². The number of likely N-dealkylation sites (tertiary alicyclic amines) is 1. The van der Waals surface area contributed by atoms with Crippen molar-refractivity contribution in [1.29, 1.82) is 0 Å². The van der Waals surface area contributed by atoms with Gasteiger partial charge in [-0.3, -0.25) is 9.59 Å². The maximum Gasteiger partial charge on any atom is 0.308 e. The summed E-state index contributed by atoms with van der Waals surface area (Å²) in [4.78, 5) is 29.2. The number of fused-ring (bicyclic) bond motifs is 2. The third-order valence-electron chi connectivity index (χ3n) is 16.4. The van der Waals surface area contributed by atoms with E-state index < -0.39 is 184 Å². The zero-order chi connectivity index (χ0) is 61.7. The van der Waals surface area contributed by atoms with Crippen LogP contribution < -0.4 is 10.6 Å². The maximum atomic E-state index is 14.2. The Balaban J connectivity index is 1.42. The van der Waals surface area contributed by atoms with Crippen molar-refractivity contribution in [2.24, 2.45) is 17.8 Å². The van der Waals surface area contributed by atoms with E-state index in [-0.39, 0.29) is 38.1 Å². The first kappa shape index (κ1) is 71.1. The molecular formula is C60H97N3O21. The summed E-state index contributed by atoms with van der Waals surface area (Å²) < 4.78 is 29.5. The number of cyclic esters (lactones) is 1. The van der Waals surface area contributed by atoms with Crippen molar-refractivity contribution in [1.82, 2.24) is 15.5 Å². The number of aliphatic hydroxyl groups is 14. The van der Waals surface area contributed by atoms with E-state index in [1.807, 2.05) is 13.0 Å². The molecule has 2 bridgehead atoms. The van der Waals surface area contributed by atoms with Crippen molar-refractivity contribution in [2.45, 2.75) is 220 Å². The first-order chi connectivity index (χ1) is 39.8. The van der Waals surface area contributed by atoms with Crippen LogP contribution in [0.25, 0.3) is 0 Å². The van der Waals surface area contributed by atoms with Gasteiger partial charge in [0.15, 0.2) is 12.1 Å². The van der Waals surface area contributed by atoms with Gasteiger partial charge in [-0.2, -0.15) is 0 Å². The molecule has 1 amide bonds.